The summed E-state index contributed by atoms with van der Waals surface area (Å²) in [6.07, 6.45) is 4.02. The predicted molar refractivity (Wildman–Crippen MR) is 94.0 cm³/mol. The average molecular weight is 388 g/mol. The van der Waals surface area contributed by atoms with Crippen molar-refractivity contribution >= 4 is 36.1 Å². The molecule has 0 saturated carbocycles. The van der Waals surface area contributed by atoms with Gasteiger partial charge in [-0.3, -0.25) is 0 Å². The Bertz CT molecular complexity index is 401. The summed E-state index contributed by atoms with van der Waals surface area (Å²) in [5.74, 6) is 0. The summed E-state index contributed by atoms with van der Waals surface area (Å²) in [5, 5.41) is 1.51. The van der Waals surface area contributed by atoms with E-state index in [9.17, 15) is 0 Å². The van der Waals surface area contributed by atoms with Gasteiger partial charge in [-0.2, -0.15) is 0 Å². The van der Waals surface area contributed by atoms with E-state index in [1.165, 1.54) is 34.9 Å². The van der Waals surface area contributed by atoms with Crippen molar-refractivity contribution in [3.8, 4) is 0 Å². The van der Waals surface area contributed by atoms with Crippen molar-refractivity contribution in [3.05, 3.63) is 30.3 Å². The van der Waals surface area contributed by atoms with E-state index in [4.69, 9.17) is 4.43 Å². The second-order valence-corrected chi connectivity index (χ2v) is 11.5. The minimum atomic E-state index is -1.80. The summed E-state index contributed by atoms with van der Waals surface area (Å²) in [6, 6.07) is 12.4. The normalized spacial score (nSPS) is 27.7. The molecule has 0 spiro atoms. The molecule has 0 N–H and O–H groups in total. The van der Waals surface area contributed by atoms with Crippen LogP contribution in [0.1, 0.15) is 40.0 Å². The molecule has 1 aliphatic rings. The predicted octanol–water partition coefficient (Wildman–Crippen LogP) is 4.64. The van der Waals surface area contributed by atoms with Crippen molar-refractivity contribution in [2.45, 2.75) is 57.2 Å². The zero-order chi connectivity index (χ0) is 13.9. The van der Waals surface area contributed by atoms with Crippen LogP contribution in [0.3, 0.4) is 0 Å². The second-order valence-electron chi connectivity index (χ2n) is 6.54. The van der Waals surface area contributed by atoms with E-state index in [1.54, 1.807) is 0 Å². The van der Waals surface area contributed by atoms with Gasteiger partial charge in [0.15, 0.2) is 0 Å². The molecule has 106 valence electrons. The van der Waals surface area contributed by atoms with Crippen molar-refractivity contribution in [1.29, 1.82) is 0 Å². The largest absolute Gasteiger partial charge is 0.407 e. The Morgan fingerprint density at radius 3 is 2.53 bits per heavy atom. The third-order valence-electron chi connectivity index (χ3n) is 3.97. The zero-order valence-corrected chi connectivity index (χ0v) is 15.4. The maximum absolute atomic E-state index is 6.77. The maximum atomic E-state index is 6.77. The number of halogens is 1. The molecule has 2 atom stereocenters. The second kappa shape index (κ2) is 6.27. The first kappa shape index (κ1) is 15.5. The molecule has 1 nitrogen and oxygen atoms in total. The van der Waals surface area contributed by atoms with Crippen molar-refractivity contribution in [2.24, 2.45) is 0 Å². The van der Waals surface area contributed by atoms with Crippen LogP contribution in [-0.4, -0.2) is 18.3 Å². The molecule has 1 unspecified atom stereocenters. The molecular formula is C16H25IOSi. The quantitative estimate of drug-likeness (QED) is 0.415. The maximum Gasteiger partial charge on any atom is 0.227 e. The van der Waals surface area contributed by atoms with Crippen LogP contribution in [0.15, 0.2) is 30.3 Å². The summed E-state index contributed by atoms with van der Waals surface area (Å²) in [4.78, 5) is 0. The molecule has 19 heavy (non-hydrogen) atoms. The van der Waals surface area contributed by atoms with E-state index in [2.05, 4.69) is 73.7 Å². The molecule has 0 aromatic heterocycles. The highest BCUT2D eigenvalue weighted by Gasteiger charge is 2.50. The van der Waals surface area contributed by atoms with Gasteiger partial charge in [0.25, 0.3) is 0 Å². The van der Waals surface area contributed by atoms with Gasteiger partial charge < -0.3 is 4.43 Å². The molecule has 0 bridgehead atoms. The fraction of sp³-hybridized carbons (Fsp3) is 0.625. The Balaban J connectivity index is 2.38. The number of hydrogen-bond donors (Lipinski definition) is 0. The van der Waals surface area contributed by atoms with Crippen molar-refractivity contribution in [2.75, 3.05) is 4.43 Å². The molecule has 1 heterocycles. The van der Waals surface area contributed by atoms with Gasteiger partial charge in [0, 0.05) is 5.60 Å². The van der Waals surface area contributed by atoms with Crippen molar-refractivity contribution in [1.82, 2.24) is 0 Å². The third kappa shape index (κ3) is 3.61. The lowest BCUT2D eigenvalue weighted by Crippen LogP contribution is -2.55. The minimum Gasteiger partial charge on any atom is -0.407 e. The lowest BCUT2D eigenvalue weighted by atomic mass is 10.2. The molecule has 0 radical (unpaired) electrons. The van der Waals surface area contributed by atoms with Crippen molar-refractivity contribution in [3.63, 3.8) is 0 Å². The standard InChI is InChI=1S/C16H25IOSi/c1-16(2,3)18-19(14-8-5-4-6-9-14)13-7-10-15(19)11-12-17/h4-6,8-9,15H,7,10-13H2,1-3H3/t15-,19?/m0/s1. The first-order chi connectivity index (χ1) is 8.98. The molecular weight excluding hydrogens is 363 g/mol. The molecule has 2 rings (SSSR count). The lowest BCUT2D eigenvalue weighted by Gasteiger charge is -2.39. The van der Waals surface area contributed by atoms with Crippen LogP contribution in [-0.2, 0) is 4.43 Å². The summed E-state index contributed by atoms with van der Waals surface area (Å²) >= 11 is 2.52. The molecule has 0 amide bonds. The summed E-state index contributed by atoms with van der Waals surface area (Å²) in [5.41, 5.74) is 0.765. The van der Waals surface area contributed by atoms with Crippen LogP contribution in [0.2, 0.25) is 11.6 Å². The van der Waals surface area contributed by atoms with E-state index in [0.717, 1.165) is 5.54 Å². The van der Waals surface area contributed by atoms with Gasteiger partial charge >= 0.3 is 0 Å². The summed E-state index contributed by atoms with van der Waals surface area (Å²) < 4.78 is 8.02. The first-order valence-electron chi connectivity index (χ1n) is 7.29. The molecule has 1 fully saturated rings. The van der Waals surface area contributed by atoms with Gasteiger partial charge in [-0.25, -0.2) is 0 Å². The van der Waals surface area contributed by atoms with E-state index < -0.39 is 8.32 Å². The van der Waals surface area contributed by atoms with E-state index in [-0.39, 0.29) is 5.60 Å². The highest BCUT2D eigenvalue weighted by atomic mass is 127. The average Bonchev–Trinajstić information content (AvgIpc) is 2.73. The van der Waals surface area contributed by atoms with Crippen LogP contribution in [0, 0.1) is 0 Å². The van der Waals surface area contributed by atoms with E-state index >= 15 is 0 Å². The van der Waals surface area contributed by atoms with Gasteiger partial charge in [-0.1, -0.05) is 65.8 Å². The Morgan fingerprint density at radius 2 is 1.95 bits per heavy atom. The highest BCUT2D eigenvalue weighted by Crippen LogP contribution is 2.44. The van der Waals surface area contributed by atoms with E-state index in [1.807, 2.05) is 0 Å². The van der Waals surface area contributed by atoms with Gasteiger partial charge in [-0.05, 0) is 48.4 Å². The van der Waals surface area contributed by atoms with Crippen LogP contribution in [0.4, 0.5) is 0 Å². The molecule has 1 aromatic carbocycles. The Morgan fingerprint density at radius 1 is 1.26 bits per heavy atom. The molecule has 1 saturated heterocycles. The number of rotatable bonds is 4. The lowest BCUT2D eigenvalue weighted by molar-refractivity contribution is 0.119. The van der Waals surface area contributed by atoms with Crippen LogP contribution in [0.5, 0.6) is 0 Å². The van der Waals surface area contributed by atoms with Gasteiger partial charge in [-0.15, -0.1) is 0 Å². The van der Waals surface area contributed by atoms with Gasteiger partial charge in [0.05, 0.1) is 0 Å². The third-order valence-corrected chi connectivity index (χ3v) is 9.87. The summed E-state index contributed by atoms with van der Waals surface area (Å²) in [6.45, 7) is 6.64. The van der Waals surface area contributed by atoms with Gasteiger partial charge in [0.2, 0.25) is 8.32 Å². The van der Waals surface area contributed by atoms with Crippen molar-refractivity contribution < 1.29 is 4.43 Å². The smallest absolute Gasteiger partial charge is 0.227 e. The fourth-order valence-corrected chi connectivity index (χ4v) is 10.2. The monoisotopic (exact) mass is 388 g/mol. The first-order valence-corrected chi connectivity index (χ1v) is 11.0. The number of alkyl halides is 1. The van der Waals surface area contributed by atoms with Crippen LogP contribution < -0.4 is 5.19 Å². The van der Waals surface area contributed by atoms with Gasteiger partial charge in [0.1, 0.15) is 0 Å². The number of hydrogen-bond acceptors (Lipinski definition) is 1. The molecule has 1 aliphatic heterocycles. The topological polar surface area (TPSA) is 9.23 Å². The fourth-order valence-electron chi connectivity index (χ4n) is 3.40. The van der Waals surface area contributed by atoms with Crippen LogP contribution >= 0.6 is 22.6 Å². The van der Waals surface area contributed by atoms with E-state index in [0.29, 0.717) is 0 Å². The minimum absolute atomic E-state index is 0.0318. The Hall–Kier alpha value is 0.127. The highest BCUT2D eigenvalue weighted by molar-refractivity contribution is 14.1. The summed E-state index contributed by atoms with van der Waals surface area (Å²) in [7, 11) is -1.80. The zero-order valence-electron chi connectivity index (χ0n) is 12.3. The molecule has 1 aromatic rings. The van der Waals surface area contributed by atoms with Crippen LogP contribution in [0.25, 0.3) is 0 Å². The Labute approximate surface area is 132 Å². The Kier molecular flexibility index (Phi) is 5.12. The molecule has 0 aliphatic carbocycles. The number of benzene rings is 1. The SMILES string of the molecule is CC(C)(C)O[Si]1(c2ccccc2)CCC[C@H]1CCI. The molecule has 3 heteroatoms.